The van der Waals surface area contributed by atoms with Crippen LogP contribution in [-0.4, -0.2) is 45.8 Å². The summed E-state index contributed by atoms with van der Waals surface area (Å²) in [4.78, 5) is 40.3. The van der Waals surface area contributed by atoms with E-state index < -0.39 is 40.6 Å². The van der Waals surface area contributed by atoms with Crippen LogP contribution in [0.4, 0.5) is 4.39 Å². The van der Waals surface area contributed by atoms with Gasteiger partial charge in [0, 0.05) is 31.5 Å². The number of hydrogen-bond acceptors (Lipinski definition) is 5. The number of aromatic hydroxyl groups is 1. The zero-order valence-corrected chi connectivity index (χ0v) is 17.8. The quantitative estimate of drug-likeness (QED) is 0.730. The van der Waals surface area contributed by atoms with E-state index in [9.17, 15) is 23.9 Å². The van der Waals surface area contributed by atoms with Crippen molar-refractivity contribution in [3.05, 3.63) is 62.3 Å². The van der Waals surface area contributed by atoms with Crippen molar-refractivity contribution in [2.45, 2.75) is 44.0 Å². The molecule has 2 aliphatic heterocycles. The molecule has 0 bridgehead atoms. The van der Waals surface area contributed by atoms with Crippen molar-refractivity contribution in [2.75, 3.05) is 13.2 Å². The predicted molar refractivity (Wildman–Crippen MR) is 112 cm³/mol. The summed E-state index contributed by atoms with van der Waals surface area (Å²) in [6, 6.07) is 4.41. The number of nitrogens with zero attached hydrogens (tertiary/aromatic N) is 2. The van der Waals surface area contributed by atoms with Crippen LogP contribution in [-0.2, 0) is 16.8 Å². The Hall–Kier alpha value is -2.91. The standard InChI is InChI=1S/C22H21ClFN3O5/c23-14-5-3-4-12(15(14)24)10-25-19(30)13-11-27-16(18(29)17(13)28)20(31)26-8-1-2-9-32-21(26)22(27)6-7-22/h3-5,11,21,29H,1-2,6-10H2,(H,25,30). The highest BCUT2D eigenvalue weighted by atomic mass is 35.5. The summed E-state index contributed by atoms with van der Waals surface area (Å²) in [5.74, 6) is -2.69. The van der Waals surface area contributed by atoms with E-state index in [-0.39, 0.29) is 28.4 Å². The second-order valence-corrected chi connectivity index (χ2v) is 8.77. The number of nitrogens with one attached hydrogen (secondary N) is 1. The zero-order chi connectivity index (χ0) is 22.6. The Kier molecular flexibility index (Phi) is 4.98. The van der Waals surface area contributed by atoms with Crippen molar-refractivity contribution in [1.29, 1.82) is 0 Å². The minimum Gasteiger partial charge on any atom is -0.503 e. The predicted octanol–water partition coefficient (Wildman–Crippen LogP) is 2.36. The molecule has 2 N–H and O–H groups in total. The van der Waals surface area contributed by atoms with Crippen LogP contribution in [0.2, 0.25) is 5.02 Å². The normalized spacial score (nSPS) is 21.0. The van der Waals surface area contributed by atoms with Crippen LogP contribution in [0.5, 0.6) is 5.75 Å². The van der Waals surface area contributed by atoms with E-state index in [2.05, 4.69) is 5.32 Å². The summed E-state index contributed by atoms with van der Waals surface area (Å²) in [6.45, 7) is 0.791. The highest BCUT2D eigenvalue weighted by Gasteiger charge is 2.60. The number of aromatic nitrogens is 1. The van der Waals surface area contributed by atoms with Gasteiger partial charge in [-0.1, -0.05) is 23.7 Å². The van der Waals surface area contributed by atoms with Crippen molar-refractivity contribution in [2.24, 2.45) is 0 Å². The van der Waals surface area contributed by atoms with Crippen molar-refractivity contribution in [3.8, 4) is 5.75 Å². The smallest absolute Gasteiger partial charge is 0.276 e. The van der Waals surface area contributed by atoms with Crippen LogP contribution < -0.4 is 10.7 Å². The zero-order valence-electron chi connectivity index (χ0n) is 17.1. The highest BCUT2D eigenvalue weighted by molar-refractivity contribution is 6.30. The molecule has 2 aromatic rings. The number of benzene rings is 1. The molecule has 3 aliphatic rings. The lowest BCUT2D eigenvalue weighted by atomic mass is 10.0. The fourth-order valence-electron chi connectivity index (χ4n) is 4.59. The Morgan fingerprint density at radius 3 is 2.84 bits per heavy atom. The van der Waals surface area contributed by atoms with Gasteiger partial charge in [-0.15, -0.1) is 0 Å². The van der Waals surface area contributed by atoms with E-state index in [1.165, 1.54) is 22.9 Å². The molecule has 0 radical (unpaired) electrons. The van der Waals surface area contributed by atoms with E-state index in [1.54, 1.807) is 11.0 Å². The van der Waals surface area contributed by atoms with Gasteiger partial charge < -0.3 is 24.6 Å². The Balaban J connectivity index is 1.51. The van der Waals surface area contributed by atoms with Crippen LogP contribution in [0.1, 0.15) is 52.1 Å². The molecule has 1 spiro atoms. The third kappa shape index (κ3) is 3.10. The first-order valence-corrected chi connectivity index (χ1v) is 10.9. The van der Waals surface area contributed by atoms with Gasteiger partial charge in [-0.05, 0) is 31.7 Å². The molecule has 1 atom stereocenters. The Morgan fingerprint density at radius 2 is 2.09 bits per heavy atom. The molecular weight excluding hydrogens is 441 g/mol. The topological polar surface area (TPSA) is 101 Å². The number of rotatable bonds is 3. The van der Waals surface area contributed by atoms with Gasteiger partial charge in [-0.2, -0.15) is 0 Å². The number of carbonyl (C=O) groups is 2. The highest BCUT2D eigenvalue weighted by Crippen LogP contribution is 2.53. The van der Waals surface area contributed by atoms with Crippen LogP contribution >= 0.6 is 11.6 Å². The lowest BCUT2D eigenvalue weighted by Crippen LogP contribution is -2.56. The fourth-order valence-corrected chi connectivity index (χ4v) is 4.78. The van der Waals surface area contributed by atoms with Gasteiger partial charge in [-0.3, -0.25) is 14.4 Å². The lowest BCUT2D eigenvalue weighted by Gasteiger charge is -2.42. The van der Waals surface area contributed by atoms with Crippen molar-refractivity contribution in [1.82, 2.24) is 14.8 Å². The first-order valence-electron chi connectivity index (χ1n) is 10.5. The second kappa shape index (κ2) is 7.60. The maximum Gasteiger partial charge on any atom is 0.276 e. The molecule has 3 heterocycles. The molecule has 2 fully saturated rings. The maximum absolute atomic E-state index is 14.1. The largest absolute Gasteiger partial charge is 0.503 e. The van der Waals surface area contributed by atoms with E-state index >= 15 is 0 Å². The molecule has 1 saturated carbocycles. The first-order chi connectivity index (χ1) is 15.3. The second-order valence-electron chi connectivity index (χ2n) is 8.37. The molecule has 1 aromatic heterocycles. The molecule has 168 valence electrons. The number of fused-ring (bicyclic) bond motifs is 4. The Morgan fingerprint density at radius 1 is 1.31 bits per heavy atom. The minimum absolute atomic E-state index is 0.0783. The van der Waals surface area contributed by atoms with Gasteiger partial charge in [-0.25, -0.2) is 4.39 Å². The van der Waals surface area contributed by atoms with Crippen molar-refractivity contribution >= 4 is 23.4 Å². The molecule has 2 amide bonds. The number of carbonyl (C=O) groups excluding carboxylic acids is 2. The average molecular weight is 462 g/mol. The van der Waals surface area contributed by atoms with Crippen LogP contribution in [0.3, 0.4) is 0 Å². The molecule has 1 unspecified atom stereocenters. The molecule has 8 nitrogen and oxygen atoms in total. The summed E-state index contributed by atoms with van der Waals surface area (Å²) in [5.41, 5.74) is -1.85. The van der Waals surface area contributed by atoms with Gasteiger partial charge in [0.1, 0.15) is 11.4 Å². The third-order valence-electron chi connectivity index (χ3n) is 6.42. The summed E-state index contributed by atoms with van der Waals surface area (Å²) >= 11 is 5.77. The molecule has 32 heavy (non-hydrogen) atoms. The van der Waals surface area contributed by atoms with Gasteiger partial charge in [0.15, 0.2) is 17.7 Å². The summed E-state index contributed by atoms with van der Waals surface area (Å²) in [6.07, 6.45) is 3.76. The SMILES string of the molecule is O=C(NCc1cccc(Cl)c1F)c1cn2c(c(O)c1=O)C(=O)N1CCCCOC1C21CC1. The van der Waals surface area contributed by atoms with Gasteiger partial charge >= 0.3 is 0 Å². The van der Waals surface area contributed by atoms with E-state index in [4.69, 9.17) is 16.3 Å². The third-order valence-corrected chi connectivity index (χ3v) is 6.71. The van der Waals surface area contributed by atoms with E-state index in [0.717, 1.165) is 12.8 Å². The average Bonchev–Trinajstić information content (AvgIpc) is 3.59. The maximum atomic E-state index is 14.1. The van der Waals surface area contributed by atoms with Gasteiger partial charge in [0.05, 0.1) is 10.6 Å². The van der Waals surface area contributed by atoms with Gasteiger partial charge in [0.25, 0.3) is 11.8 Å². The fraction of sp³-hybridized carbons (Fsp3) is 0.409. The lowest BCUT2D eigenvalue weighted by molar-refractivity contribution is -0.0802. The number of halogens is 2. The number of amides is 2. The monoisotopic (exact) mass is 461 g/mol. The Bertz CT molecular complexity index is 1190. The first kappa shape index (κ1) is 21.0. The molecule has 10 heteroatoms. The summed E-state index contributed by atoms with van der Waals surface area (Å²) in [5, 5.41) is 13.1. The number of ether oxygens (including phenoxy) is 1. The molecular formula is C22H21ClFN3O5. The van der Waals surface area contributed by atoms with Crippen LogP contribution in [0.15, 0.2) is 29.2 Å². The molecule has 1 aromatic carbocycles. The number of hydrogen-bond donors (Lipinski definition) is 2. The van der Waals surface area contributed by atoms with E-state index in [0.29, 0.717) is 26.0 Å². The summed E-state index contributed by atoms with van der Waals surface area (Å²) in [7, 11) is 0. The summed E-state index contributed by atoms with van der Waals surface area (Å²) < 4.78 is 21.6. The van der Waals surface area contributed by atoms with Crippen molar-refractivity contribution in [3.63, 3.8) is 0 Å². The molecule has 1 aliphatic carbocycles. The van der Waals surface area contributed by atoms with Crippen LogP contribution in [0.25, 0.3) is 0 Å². The van der Waals surface area contributed by atoms with E-state index in [1.807, 2.05) is 0 Å². The van der Waals surface area contributed by atoms with Gasteiger partial charge in [0.2, 0.25) is 5.43 Å². The molecule has 5 rings (SSSR count). The van der Waals surface area contributed by atoms with Crippen LogP contribution in [0, 0.1) is 5.82 Å². The number of pyridine rings is 1. The van der Waals surface area contributed by atoms with Crippen molar-refractivity contribution < 1.29 is 23.8 Å². The minimum atomic E-state index is -0.946. The molecule has 1 saturated heterocycles. The Labute approximate surface area is 187 Å².